The second kappa shape index (κ2) is 14.3. The molecule has 0 aliphatic carbocycles. The maximum atomic E-state index is 2.41. The molecule has 0 spiro atoms. The average Bonchev–Trinajstić information content (AvgIpc) is 3.25. The molecule has 0 amide bonds. The first-order valence-corrected chi connectivity index (χ1v) is 18.2. The molecule has 250 valence electrons. The van der Waals surface area contributed by atoms with E-state index in [4.69, 9.17) is 0 Å². The van der Waals surface area contributed by atoms with E-state index in [2.05, 4.69) is 229 Å². The van der Waals surface area contributed by atoms with Crippen molar-refractivity contribution >= 4 is 27.8 Å². The maximum Gasteiger partial charge on any atom is 0.0540 e. The first-order chi connectivity index (χ1) is 26.3. The van der Waals surface area contributed by atoms with Crippen LogP contribution in [0.15, 0.2) is 224 Å². The summed E-state index contributed by atoms with van der Waals surface area (Å²) in [5.74, 6) is 0. The Morgan fingerprint density at radius 1 is 0.245 bits per heavy atom. The molecule has 0 fully saturated rings. The van der Waals surface area contributed by atoms with Crippen LogP contribution < -0.4 is 4.90 Å². The van der Waals surface area contributed by atoms with Gasteiger partial charge in [-0.25, -0.2) is 0 Å². The van der Waals surface area contributed by atoms with Crippen LogP contribution in [0.1, 0.15) is 0 Å². The third kappa shape index (κ3) is 6.42. The van der Waals surface area contributed by atoms with Crippen LogP contribution in [-0.4, -0.2) is 0 Å². The minimum Gasteiger partial charge on any atom is -0.310 e. The molecule has 0 heterocycles. The van der Waals surface area contributed by atoms with Gasteiger partial charge in [-0.05, 0) is 97.2 Å². The van der Waals surface area contributed by atoms with Crippen LogP contribution >= 0.6 is 0 Å². The highest BCUT2D eigenvalue weighted by atomic mass is 15.1. The van der Waals surface area contributed by atoms with E-state index >= 15 is 0 Å². The van der Waals surface area contributed by atoms with Crippen molar-refractivity contribution in [2.24, 2.45) is 0 Å². The third-order valence-corrected chi connectivity index (χ3v) is 10.1. The van der Waals surface area contributed by atoms with E-state index in [1.807, 2.05) is 0 Å². The molecule has 0 N–H and O–H groups in total. The average molecular weight is 676 g/mol. The largest absolute Gasteiger partial charge is 0.310 e. The summed E-state index contributed by atoms with van der Waals surface area (Å²) in [6.45, 7) is 0. The van der Waals surface area contributed by atoms with E-state index in [0.717, 1.165) is 17.1 Å². The molecule has 9 aromatic rings. The highest BCUT2D eigenvalue weighted by Gasteiger charge is 2.20. The lowest BCUT2D eigenvalue weighted by atomic mass is 9.92. The molecule has 53 heavy (non-hydrogen) atoms. The van der Waals surface area contributed by atoms with Crippen molar-refractivity contribution in [1.29, 1.82) is 0 Å². The van der Waals surface area contributed by atoms with Crippen LogP contribution in [0, 0.1) is 0 Å². The van der Waals surface area contributed by atoms with E-state index in [1.54, 1.807) is 0 Å². The first kappa shape index (κ1) is 32.0. The van der Waals surface area contributed by atoms with Gasteiger partial charge in [0, 0.05) is 16.9 Å². The molecule has 0 aliphatic heterocycles. The molecule has 0 bridgehead atoms. The number of nitrogens with zero attached hydrogens (tertiary/aromatic N) is 1. The molecule has 0 atom stereocenters. The van der Waals surface area contributed by atoms with Crippen molar-refractivity contribution in [3.8, 4) is 55.6 Å². The molecule has 9 aromatic carbocycles. The summed E-state index contributed by atoms with van der Waals surface area (Å²) < 4.78 is 0. The van der Waals surface area contributed by atoms with Gasteiger partial charge < -0.3 is 4.90 Å². The van der Waals surface area contributed by atoms with Gasteiger partial charge in [0.1, 0.15) is 0 Å². The number of hydrogen-bond acceptors (Lipinski definition) is 1. The molecule has 0 unspecified atom stereocenters. The molecule has 0 saturated heterocycles. The Bertz CT molecular complexity index is 2650. The third-order valence-electron chi connectivity index (χ3n) is 10.1. The van der Waals surface area contributed by atoms with Gasteiger partial charge in [-0.15, -0.1) is 0 Å². The van der Waals surface area contributed by atoms with E-state index < -0.39 is 0 Å². The zero-order valence-corrected chi connectivity index (χ0v) is 29.3. The van der Waals surface area contributed by atoms with E-state index in [0.29, 0.717) is 0 Å². The normalized spacial score (nSPS) is 11.0. The zero-order chi connectivity index (χ0) is 35.4. The van der Waals surface area contributed by atoms with Crippen LogP contribution in [-0.2, 0) is 0 Å². The summed E-state index contributed by atoms with van der Waals surface area (Å²) in [6, 6.07) is 80.8. The molecule has 0 radical (unpaired) electrons. The first-order valence-electron chi connectivity index (χ1n) is 18.2. The molecule has 1 nitrogen and oxygen atoms in total. The molecular weight excluding hydrogens is 639 g/mol. The van der Waals surface area contributed by atoms with Crippen LogP contribution in [0.4, 0.5) is 17.1 Å². The van der Waals surface area contributed by atoms with Crippen molar-refractivity contribution in [2.45, 2.75) is 0 Å². The monoisotopic (exact) mass is 675 g/mol. The number of anilines is 3. The second-order valence-corrected chi connectivity index (χ2v) is 13.3. The van der Waals surface area contributed by atoms with Crippen molar-refractivity contribution < 1.29 is 0 Å². The minimum atomic E-state index is 1.09. The quantitative estimate of drug-likeness (QED) is 0.155. The van der Waals surface area contributed by atoms with Gasteiger partial charge in [-0.3, -0.25) is 0 Å². The fraction of sp³-hybridized carbons (Fsp3) is 0. The Balaban J connectivity index is 1.20. The molecule has 0 aliphatic rings. The standard InChI is InChI=1S/C52H37N/c1-3-16-38(17-4-1)42-22-13-23-43(36-42)39-32-34-45(35-33-39)53(46-25-14-24-44(37-46)49-30-15-21-41-20-7-8-26-47(41)49)52-31-12-11-29-51(52)50-28-10-9-27-48(50)40-18-5-2-6-19-40/h1-37H. The lowest BCUT2D eigenvalue weighted by molar-refractivity contribution is 1.28. The smallest absolute Gasteiger partial charge is 0.0540 e. The predicted octanol–water partition coefficient (Wildman–Crippen LogP) is 14.6. The Kier molecular flexibility index (Phi) is 8.66. The summed E-state index contributed by atoms with van der Waals surface area (Å²) in [7, 11) is 0. The number of para-hydroxylation sites is 1. The minimum absolute atomic E-state index is 1.09. The second-order valence-electron chi connectivity index (χ2n) is 13.3. The lowest BCUT2D eigenvalue weighted by Crippen LogP contribution is -2.11. The van der Waals surface area contributed by atoms with Crippen LogP contribution in [0.3, 0.4) is 0 Å². The Morgan fingerprint density at radius 3 is 1.53 bits per heavy atom. The van der Waals surface area contributed by atoms with E-state index in [1.165, 1.54) is 66.4 Å². The number of hydrogen-bond donors (Lipinski definition) is 0. The van der Waals surface area contributed by atoms with Gasteiger partial charge >= 0.3 is 0 Å². The van der Waals surface area contributed by atoms with E-state index in [9.17, 15) is 0 Å². The Morgan fingerprint density at radius 2 is 0.755 bits per heavy atom. The van der Waals surface area contributed by atoms with Gasteiger partial charge in [0.15, 0.2) is 0 Å². The lowest BCUT2D eigenvalue weighted by Gasteiger charge is -2.29. The summed E-state index contributed by atoms with van der Waals surface area (Å²) >= 11 is 0. The molecule has 1 heteroatoms. The number of rotatable bonds is 8. The van der Waals surface area contributed by atoms with Crippen molar-refractivity contribution in [1.82, 2.24) is 0 Å². The summed E-state index contributed by atoms with van der Waals surface area (Å²) in [5.41, 5.74) is 15.3. The van der Waals surface area contributed by atoms with Crippen LogP contribution in [0.25, 0.3) is 66.4 Å². The van der Waals surface area contributed by atoms with Crippen molar-refractivity contribution in [3.05, 3.63) is 224 Å². The zero-order valence-electron chi connectivity index (χ0n) is 29.3. The highest BCUT2D eigenvalue weighted by molar-refractivity contribution is 5.98. The molecule has 9 rings (SSSR count). The SMILES string of the molecule is c1ccc(-c2cccc(-c3ccc(N(c4cccc(-c5cccc6ccccc56)c4)c4ccccc4-c4ccccc4-c4ccccc4)cc3)c2)cc1. The summed E-state index contributed by atoms with van der Waals surface area (Å²) in [5, 5.41) is 2.49. The Labute approximate surface area is 311 Å². The topological polar surface area (TPSA) is 3.24 Å². The van der Waals surface area contributed by atoms with Crippen molar-refractivity contribution in [2.75, 3.05) is 4.90 Å². The van der Waals surface area contributed by atoms with Gasteiger partial charge in [-0.1, -0.05) is 188 Å². The molecular formula is C52H37N. The predicted molar refractivity (Wildman–Crippen MR) is 226 cm³/mol. The highest BCUT2D eigenvalue weighted by Crippen LogP contribution is 2.45. The summed E-state index contributed by atoms with van der Waals surface area (Å²) in [6.07, 6.45) is 0. The Hall–Kier alpha value is -6.96. The fourth-order valence-electron chi connectivity index (χ4n) is 7.51. The van der Waals surface area contributed by atoms with Crippen molar-refractivity contribution in [3.63, 3.8) is 0 Å². The summed E-state index contributed by atoms with van der Waals surface area (Å²) in [4.78, 5) is 2.41. The fourth-order valence-corrected chi connectivity index (χ4v) is 7.51. The number of fused-ring (bicyclic) bond motifs is 1. The van der Waals surface area contributed by atoms with Gasteiger partial charge in [0.05, 0.1) is 5.69 Å². The van der Waals surface area contributed by atoms with Gasteiger partial charge in [0.25, 0.3) is 0 Å². The molecule has 0 aromatic heterocycles. The van der Waals surface area contributed by atoms with E-state index in [-0.39, 0.29) is 0 Å². The maximum absolute atomic E-state index is 2.41. The van der Waals surface area contributed by atoms with Crippen LogP contribution in [0.2, 0.25) is 0 Å². The van der Waals surface area contributed by atoms with Gasteiger partial charge in [0.2, 0.25) is 0 Å². The number of benzene rings is 9. The van der Waals surface area contributed by atoms with Crippen LogP contribution in [0.5, 0.6) is 0 Å². The molecule has 0 saturated carbocycles. The van der Waals surface area contributed by atoms with Gasteiger partial charge in [-0.2, -0.15) is 0 Å².